The second-order valence-corrected chi connectivity index (χ2v) is 5.24. The third-order valence-corrected chi connectivity index (χ3v) is 3.32. The zero-order valence-electron chi connectivity index (χ0n) is 11.9. The van der Waals surface area contributed by atoms with Gasteiger partial charge in [0.15, 0.2) is 0 Å². The smallest absolute Gasteiger partial charge is 0.224 e. The Morgan fingerprint density at radius 1 is 1.25 bits per heavy atom. The highest BCUT2D eigenvalue weighted by Crippen LogP contribution is 2.26. The number of benzene rings is 1. The van der Waals surface area contributed by atoms with Gasteiger partial charge in [0.1, 0.15) is 11.1 Å². The van der Waals surface area contributed by atoms with Crippen molar-refractivity contribution in [3.8, 4) is 5.88 Å². The van der Waals surface area contributed by atoms with Gasteiger partial charge in [-0.3, -0.25) is 0 Å². The zero-order chi connectivity index (χ0) is 14.7. The molecule has 0 spiro atoms. The van der Waals surface area contributed by atoms with Crippen molar-refractivity contribution in [2.45, 2.75) is 26.9 Å². The number of thiocarbonyl (C=S) groups is 1. The lowest BCUT2D eigenvalue weighted by Gasteiger charge is -2.18. The van der Waals surface area contributed by atoms with Gasteiger partial charge in [-0.05, 0) is 38.0 Å². The number of aryl methyl sites for hydroxylation is 2. The molecule has 1 aromatic heterocycles. The number of nitrogens with zero attached hydrogens (tertiary/aromatic N) is 1. The van der Waals surface area contributed by atoms with Crippen LogP contribution in [-0.2, 0) is 0 Å². The zero-order valence-corrected chi connectivity index (χ0v) is 12.7. The molecule has 1 atom stereocenters. The van der Waals surface area contributed by atoms with Crippen LogP contribution in [-0.4, -0.2) is 9.97 Å². The summed E-state index contributed by atoms with van der Waals surface area (Å²) in [6.45, 7) is 5.87. The molecule has 1 aromatic carbocycles. The van der Waals surface area contributed by atoms with E-state index in [4.69, 9.17) is 22.7 Å². The maximum atomic E-state index is 5.98. The normalized spacial score (nSPS) is 11.9. The molecule has 0 aliphatic heterocycles. The van der Waals surface area contributed by atoms with Gasteiger partial charge in [-0.1, -0.05) is 42.5 Å². The first-order chi connectivity index (χ1) is 9.49. The van der Waals surface area contributed by atoms with Crippen molar-refractivity contribution in [1.29, 1.82) is 0 Å². The highest BCUT2D eigenvalue weighted by atomic mass is 32.1. The standard InChI is InChI=1S/C16H18N2OS/c1-10-9-11(2)18-16(14(10)15(17)20)19-12(3)13-7-5-4-6-8-13/h4-9,12H,1-3H3,(H2,17,20). The van der Waals surface area contributed by atoms with E-state index in [0.717, 1.165) is 16.8 Å². The Morgan fingerprint density at radius 3 is 2.50 bits per heavy atom. The number of pyridine rings is 1. The minimum absolute atomic E-state index is 0.113. The largest absolute Gasteiger partial charge is 0.469 e. The molecule has 0 amide bonds. The molecule has 2 N–H and O–H groups in total. The van der Waals surface area contributed by atoms with Crippen molar-refractivity contribution in [2.24, 2.45) is 5.73 Å². The van der Waals surface area contributed by atoms with Crippen LogP contribution in [0.3, 0.4) is 0 Å². The van der Waals surface area contributed by atoms with Gasteiger partial charge >= 0.3 is 0 Å². The van der Waals surface area contributed by atoms with E-state index in [0.29, 0.717) is 16.4 Å². The summed E-state index contributed by atoms with van der Waals surface area (Å²) in [7, 11) is 0. The second kappa shape index (κ2) is 6.01. The van der Waals surface area contributed by atoms with E-state index in [1.54, 1.807) is 0 Å². The van der Waals surface area contributed by atoms with Crippen molar-refractivity contribution in [2.75, 3.05) is 0 Å². The van der Waals surface area contributed by atoms with Crippen LogP contribution in [0.2, 0.25) is 0 Å². The van der Waals surface area contributed by atoms with Gasteiger partial charge in [0.2, 0.25) is 5.88 Å². The predicted octanol–water partition coefficient (Wildman–Crippen LogP) is 3.47. The summed E-state index contributed by atoms with van der Waals surface area (Å²) in [4.78, 5) is 4.74. The van der Waals surface area contributed by atoms with Crippen LogP contribution in [0.5, 0.6) is 5.88 Å². The van der Waals surface area contributed by atoms with Crippen LogP contribution in [0.1, 0.15) is 35.4 Å². The summed E-state index contributed by atoms with van der Waals surface area (Å²) in [5.41, 5.74) is 9.47. The summed E-state index contributed by atoms with van der Waals surface area (Å²) in [6.07, 6.45) is -0.113. The minimum atomic E-state index is -0.113. The third kappa shape index (κ3) is 3.14. The van der Waals surface area contributed by atoms with Gasteiger partial charge in [0.25, 0.3) is 0 Å². The average Bonchev–Trinajstić information content (AvgIpc) is 2.38. The molecule has 0 saturated carbocycles. The van der Waals surface area contributed by atoms with E-state index in [1.807, 2.05) is 57.2 Å². The highest BCUT2D eigenvalue weighted by Gasteiger charge is 2.16. The molecule has 0 saturated heterocycles. The monoisotopic (exact) mass is 286 g/mol. The van der Waals surface area contributed by atoms with Gasteiger partial charge in [-0.2, -0.15) is 0 Å². The molecular formula is C16H18N2OS. The Morgan fingerprint density at radius 2 is 1.90 bits per heavy atom. The van der Waals surface area contributed by atoms with Gasteiger partial charge in [-0.15, -0.1) is 0 Å². The summed E-state index contributed by atoms with van der Waals surface area (Å²) in [5, 5.41) is 0. The molecule has 0 fully saturated rings. The van der Waals surface area contributed by atoms with Crippen LogP contribution in [0.25, 0.3) is 0 Å². The molecule has 0 radical (unpaired) electrons. The fourth-order valence-corrected chi connectivity index (χ4v) is 2.40. The molecule has 4 heteroatoms. The van der Waals surface area contributed by atoms with Crippen molar-refractivity contribution < 1.29 is 4.74 Å². The van der Waals surface area contributed by atoms with Crippen LogP contribution >= 0.6 is 12.2 Å². The quantitative estimate of drug-likeness (QED) is 0.874. The predicted molar refractivity (Wildman–Crippen MR) is 85.1 cm³/mol. The average molecular weight is 286 g/mol. The molecule has 2 rings (SSSR count). The summed E-state index contributed by atoms with van der Waals surface area (Å²) >= 11 is 5.11. The Bertz CT molecular complexity index is 626. The molecule has 3 nitrogen and oxygen atoms in total. The number of aromatic nitrogens is 1. The molecule has 104 valence electrons. The molecule has 1 heterocycles. The van der Waals surface area contributed by atoms with Crippen molar-refractivity contribution in [3.05, 3.63) is 58.8 Å². The first-order valence-corrected chi connectivity index (χ1v) is 6.89. The van der Waals surface area contributed by atoms with E-state index in [2.05, 4.69) is 4.98 Å². The first kappa shape index (κ1) is 14.5. The molecule has 0 aliphatic rings. The Balaban J connectivity index is 2.36. The molecule has 1 unspecified atom stereocenters. The highest BCUT2D eigenvalue weighted by molar-refractivity contribution is 7.80. The summed E-state index contributed by atoms with van der Waals surface area (Å²) < 4.78 is 5.98. The second-order valence-electron chi connectivity index (χ2n) is 4.80. The SMILES string of the molecule is Cc1cc(C)c(C(N)=S)c(OC(C)c2ccccc2)n1. The lowest BCUT2D eigenvalue weighted by molar-refractivity contribution is 0.216. The van der Waals surface area contributed by atoms with Crippen LogP contribution in [0.4, 0.5) is 0 Å². The molecule has 0 aliphatic carbocycles. The van der Waals surface area contributed by atoms with E-state index in [-0.39, 0.29) is 6.10 Å². The van der Waals surface area contributed by atoms with Crippen LogP contribution < -0.4 is 10.5 Å². The lowest BCUT2D eigenvalue weighted by atomic mass is 10.1. The summed E-state index contributed by atoms with van der Waals surface area (Å²) in [6, 6.07) is 11.9. The van der Waals surface area contributed by atoms with Crippen LogP contribution in [0.15, 0.2) is 36.4 Å². The fourth-order valence-electron chi connectivity index (χ4n) is 2.15. The van der Waals surface area contributed by atoms with E-state index >= 15 is 0 Å². The molecule has 2 aromatic rings. The molecule has 20 heavy (non-hydrogen) atoms. The van der Waals surface area contributed by atoms with Crippen molar-refractivity contribution in [1.82, 2.24) is 4.98 Å². The fraction of sp³-hybridized carbons (Fsp3) is 0.250. The van der Waals surface area contributed by atoms with E-state index < -0.39 is 0 Å². The number of ether oxygens (including phenoxy) is 1. The Labute approximate surface area is 124 Å². The maximum Gasteiger partial charge on any atom is 0.224 e. The number of hydrogen-bond acceptors (Lipinski definition) is 3. The topological polar surface area (TPSA) is 48.1 Å². The molecule has 0 bridgehead atoms. The van der Waals surface area contributed by atoms with Crippen molar-refractivity contribution >= 4 is 17.2 Å². The molecular weight excluding hydrogens is 268 g/mol. The lowest BCUT2D eigenvalue weighted by Crippen LogP contribution is -2.16. The van der Waals surface area contributed by atoms with Crippen molar-refractivity contribution in [3.63, 3.8) is 0 Å². The van der Waals surface area contributed by atoms with E-state index in [9.17, 15) is 0 Å². The van der Waals surface area contributed by atoms with Gasteiger partial charge in [-0.25, -0.2) is 4.98 Å². The third-order valence-electron chi connectivity index (χ3n) is 3.12. The van der Waals surface area contributed by atoms with E-state index in [1.165, 1.54) is 0 Å². The van der Waals surface area contributed by atoms with Gasteiger partial charge in [0.05, 0.1) is 5.56 Å². The number of rotatable bonds is 4. The summed E-state index contributed by atoms with van der Waals surface area (Å²) in [5.74, 6) is 0.506. The Kier molecular flexibility index (Phi) is 4.35. The van der Waals surface area contributed by atoms with Gasteiger partial charge in [0, 0.05) is 5.69 Å². The first-order valence-electron chi connectivity index (χ1n) is 6.48. The maximum absolute atomic E-state index is 5.98. The number of hydrogen-bond donors (Lipinski definition) is 1. The van der Waals surface area contributed by atoms with Gasteiger partial charge < -0.3 is 10.5 Å². The van der Waals surface area contributed by atoms with Crippen LogP contribution in [0, 0.1) is 13.8 Å². The number of nitrogens with two attached hydrogens (primary N) is 1. The minimum Gasteiger partial charge on any atom is -0.469 e. The Hall–Kier alpha value is -1.94.